The first-order valence-corrected chi connectivity index (χ1v) is 14.1. The van der Waals surface area contributed by atoms with Crippen LogP contribution < -0.4 is 4.74 Å². The summed E-state index contributed by atoms with van der Waals surface area (Å²) in [6.45, 7) is 4.98. The first-order valence-electron chi connectivity index (χ1n) is 14.1. The molecule has 0 N–H and O–H groups in total. The topological polar surface area (TPSA) is 9.23 Å². The predicted molar refractivity (Wildman–Crippen MR) is 147 cm³/mol. The first kappa shape index (κ1) is 27.4. The molecule has 192 valence electrons. The lowest BCUT2D eigenvalue weighted by atomic mass is 9.97. The summed E-state index contributed by atoms with van der Waals surface area (Å²) < 4.78 is 36.2. The van der Waals surface area contributed by atoms with Crippen molar-refractivity contribution in [2.45, 2.75) is 110 Å². The molecular weight excluding hydrogens is 438 g/mol. The van der Waals surface area contributed by atoms with Gasteiger partial charge in [0.05, 0.1) is 6.61 Å². The van der Waals surface area contributed by atoms with Gasteiger partial charge in [0.15, 0.2) is 11.6 Å². The molecule has 0 radical (unpaired) electrons. The van der Waals surface area contributed by atoms with E-state index in [1.165, 1.54) is 64.2 Å². The number of rotatable bonds is 17. The van der Waals surface area contributed by atoms with Crippen molar-refractivity contribution in [1.82, 2.24) is 0 Å². The van der Waals surface area contributed by atoms with E-state index in [0.29, 0.717) is 23.1 Å². The number of unbranched alkanes of at least 4 members (excludes halogenated alkanes) is 12. The second-order valence-electron chi connectivity index (χ2n) is 10.0. The zero-order valence-electron chi connectivity index (χ0n) is 21.9. The van der Waals surface area contributed by atoms with Crippen molar-refractivity contribution >= 4 is 21.5 Å². The number of hydrogen-bond acceptors (Lipinski definition) is 1. The van der Waals surface area contributed by atoms with Gasteiger partial charge in [0.25, 0.3) is 0 Å². The molecule has 0 aliphatic rings. The van der Waals surface area contributed by atoms with Crippen LogP contribution in [-0.4, -0.2) is 6.61 Å². The Balaban J connectivity index is 1.58. The molecule has 0 aliphatic heterocycles. The van der Waals surface area contributed by atoms with Crippen LogP contribution in [0.2, 0.25) is 0 Å². The summed E-state index contributed by atoms with van der Waals surface area (Å²) >= 11 is 0. The highest BCUT2D eigenvalue weighted by atomic mass is 19.1. The molecule has 0 saturated carbocycles. The minimum Gasteiger partial charge on any atom is -0.490 e. The van der Waals surface area contributed by atoms with E-state index >= 15 is 8.78 Å². The van der Waals surface area contributed by atoms with Gasteiger partial charge in [-0.1, -0.05) is 115 Å². The van der Waals surface area contributed by atoms with Crippen molar-refractivity contribution in [3.63, 3.8) is 0 Å². The van der Waals surface area contributed by atoms with Crippen LogP contribution >= 0.6 is 0 Å². The zero-order valence-corrected chi connectivity index (χ0v) is 21.9. The largest absolute Gasteiger partial charge is 0.490 e. The summed E-state index contributed by atoms with van der Waals surface area (Å²) in [5, 5.41) is 2.58. The van der Waals surface area contributed by atoms with Crippen LogP contribution in [0.3, 0.4) is 0 Å². The Morgan fingerprint density at radius 2 is 1.00 bits per heavy atom. The number of halogens is 2. The predicted octanol–water partition coefficient (Wildman–Crippen LogP) is 10.7. The van der Waals surface area contributed by atoms with E-state index in [0.717, 1.165) is 48.4 Å². The van der Waals surface area contributed by atoms with Crippen LogP contribution in [0, 0.1) is 11.6 Å². The van der Waals surface area contributed by atoms with Crippen molar-refractivity contribution in [2.75, 3.05) is 6.61 Å². The van der Waals surface area contributed by atoms with E-state index in [9.17, 15) is 0 Å². The summed E-state index contributed by atoms with van der Waals surface area (Å²) in [6, 6.07) is 10.8. The minimum absolute atomic E-state index is 0.159. The second kappa shape index (κ2) is 15.1. The lowest BCUT2D eigenvalue weighted by Gasteiger charge is -2.12. The molecule has 35 heavy (non-hydrogen) atoms. The molecular formula is C32H44F2O. The average Bonchev–Trinajstić information content (AvgIpc) is 2.87. The third-order valence-corrected chi connectivity index (χ3v) is 7.17. The first-order chi connectivity index (χ1) is 17.2. The maximum absolute atomic E-state index is 15.2. The Bertz CT molecular complexity index is 1040. The molecule has 0 unspecified atom stereocenters. The summed E-state index contributed by atoms with van der Waals surface area (Å²) in [6.07, 6.45) is 17.7. The van der Waals surface area contributed by atoms with Crippen molar-refractivity contribution in [2.24, 2.45) is 0 Å². The number of hydrogen-bond donors (Lipinski definition) is 0. The lowest BCUT2D eigenvalue weighted by molar-refractivity contribution is 0.291. The molecule has 0 heterocycles. The molecule has 3 aromatic rings. The molecule has 0 bridgehead atoms. The van der Waals surface area contributed by atoms with Gasteiger partial charge in [-0.15, -0.1) is 0 Å². The smallest absolute Gasteiger partial charge is 0.172 e. The summed E-state index contributed by atoms with van der Waals surface area (Å²) in [5.74, 6) is -0.214. The number of aryl methyl sites for hydroxylation is 1. The molecule has 0 aliphatic carbocycles. The van der Waals surface area contributed by atoms with Crippen molar-refractivity contribution < 1.29 is 13.5 Å². The fraction of sp³-hybridized carbons (Fsp3) is 0.562. The van der Waals surface area contributed by atoms with Crippen LogP contribution in [0.25, 0.3) is 21.5 Å². The quantitative estimate of drug-likeness (QED) is 0.137. The molecule has 0 aromatic heterocycles. The van der Waals surface area contributed by atoms with Crippen molar-refractivity contribution in [3.8, 4) is 5.75 Å². The highest BCUT2D eigenvalue weighted by Gasteiger charge is 2.14. The standard InChI is InChI=1S/C32H44F2O/c1-3-5-7-9-11-12-14-16-24-35-30-23-22-27-26-19-18-25(17-15-13-10-8-6-4-2)31(33)28(26)20-21-29(27)32(30)34/h18-23H,3-17,24H2,1-2H3. The Kier molecular flexibility index (Phi) is 11.8. The molecule has 3 rings (SSSR count). The minimum atomic E-state index is -0.347. The van der Waals surface area contributed by atoms with Crippen LogP contribution in [0.5, 0.6) is 5.75 Å². The molecule has 0 spiro atoms. The second-order valence-corrected chi connectivity index (χ2v) is 10.0. The molecule has 3 aromatic carbocycles. The van der Waals surface area contributed by atoms with E-state index in [1.807, 2.05) is 18.2 Å². The van der Waals surface area contributed by atoms with Crippen LogP contribution in [0.4, 0.5) is 8.78 Å². The van der Waals surface area contributed by atoms with Crippen molar-refractivity contribution in [1.29, 1.82) is 0 Å². The van der Waals surface area contributed by atoms with E-state index in [2.05, 4.69) is 13.8 Å². The summed E-state index contributed by atoms with van der Waals surface area (Å²) in [7, 11) is 0. The Morgan fingerprint density at radius 3 is 1.63 bits per heavy atom. The molecule has 0 amide bonds. The van der Waals surface area contributed by atoms with E-state index in [4.69, 9.17) is 4.74 Å². The van der Waals surface area contributed by atoms with Crippen LogP contribution in [-0.2, 0) is 6.42 Å². The van der Waals surface area contributed by atoms with Gasteiger partial charge >= 0.3 is 0 Å². The third kappa shape index (κ3) is 7.92. The van der Waals surface area contributed by atoms with Gasteiger partial charge in [0.2, 0.25) is 0 Å². The van der Waals surface area contributed by atoms with Gasteiger partial charge < -0.3 is 4.74 Å². The maximum Gasteiger partial charge on any atom is 0.172 e. The maximum atomic E-state index is 15.2. The molecule has 3 heteroatoms. The van der Waals surface area contributed by atoms with Gasteiger partial charge in [-0.2, -0.15) is 0 Å². The Labute approximate surface area is 211 Å². The molecule has 1 nitrogen and oxygen atoms in total. The third-order valence-electron chi connectivity index (χ3n) is 7.17. The van der Waals surface area contributed by atoms with E-state index in [1.54, 1.807) is 18.2 Å². The van der Waals surface area contributed by atoms with E-state index < -0.39 is 0 Å². The molecule has 0 atom stereocenters. The normalized spacial score (nSPS) is 11.5. The molecule has 0 saturated heterocycles. The van der Waals surface area contributed by atoms with Crippen LogP contribution in [0.15, 0.2) is 36.4 Å². The Morgan fingerprint density at radius 1 is 0.514 bits per heavy atom. The highest BCUT2D eigenvalue weighted by molar-refractivity contribution is 6.08. The Hall–Kier alpha value is -2.16. The average molecular weight is 483 g/mol. The van der Waals surface area contributed by atoms with Crippen molar-refractivity contribution in [3.05, 3.63) is 53.6 Å². The van der Waals surface area contributed by atoms with E-state index in [-0.39, 0.29) is 11.6 Å². The number of benzene rings is 3. The lowest BCUT2D eigenvalue weighted by Crippen LogP contribution is -2.00. The number of ether oxygens (including phenoxy) is 1. The highest BCUT2D eigenvalue weighted by Crippen LogP contribution is 2.34. The zero-order chi connectivity index (χ0) is 24.9. The van der Waals surface area contributed by atoms with Gasteiger partial charge in [-0.3, -0.25) is 0 Å². The fourth-order valence-electron chi connectivity index (χ4n) is 4.99. The van der Waals surface area contributed by atoms with Gasteiger partial charge in [0, 0.05) is 10.8 Å². The summed E-state index contributed by atoms with van der Waals surface area (Å²) in [5.41, 5.74) is 0.762. The number of fused-ring (bicyclic) bond motifs is 3. The van der Waals surface area contributed by atoms with Crippen LogP contribution in [0.1, 0.15) is 109 Å². The van der Waals surface area contributed by atoms with Gasteiger partial charge in [-0.25, -0.2) is 8.78 Å². The van der Waals surface area contributed by atoms with Gasteiger partial charge in [-0.05, 0) is 47.7 Å². The van der Waals surface area contributed by atoms with Gasteiger partial charge in [0.1, 0.15) is 5.82 Å². The fourth-order valence-corrected chi connectivity index (χ4v) is 4.99. The SMILES string of the molecule is CCCCCCCCCCOc1ccc2c(ccc3c(F)c(CCCCCCCC)ccc32)c1F. The molecule has 0 fully saturated rings. The summed E-state index contributed by atoms with van der Waals surface area (Å²) in [4.78, 5) is 0. The monoisotopic (exact) mass is 482 g/mol.